The van der Waals surface area contributed by atoms with Crippen LogP contribution >= 0.6 is 0 Å². The summed E-state index contributed by atoms with van der Waals surface area (Å²) in [5, 5.41) is 23.8. The van der Waals surface area contributed by atoms with Crippen LogP contribution in [0, 0.1) is 0 Å². The first kappa shape index (κ1) is 63.3. The van der Waals surface area contributed by atoms with Crippen molar-refractivity contribution in [3.63, 3.8) is 0 Å². The second-order valence-corrected chi connectivity index (χ2v) is 19.0. The molecule has 6 nitrogen and oxygen atoms in total. The minimum Gasteiger partial charge on any atom is -0.462 e. The van der Waals surface area contributed by atoms with E-state index in [9.17, 15) is 19.8 Å². The molecule has 0 heterocycles. The second kappa shape index (κ2) is 53.3. The lowest BCUT2D eigenvalue weighted by Crippen LogP contribution is -2.46. The molecule has 0 aliphatic carbocycles. The summed E-state index contributed by atoms with van der Waals surface area (Å²) in [6.07, 6.45) is 68.2. The molecule has 0 saturated heterocycles. The number of amides is 1. The maximum Gasteiger partial charge on any atom is 0.306 e. The topological polar surface area (TPSA) is 95.9 Å². The summed E-state index contributed by atoms with van der Waals surface area (Å²) in [7, 11) is 0. The van der Waals surface area contributed by atoms with Gasteiger partial charge in [0.25, 0.3) is 0 Å². The van der Waals surface area contributed by atoms with E-state index in [0.717, 1.165) is 96.3 Å². The predicted octanol–water partition coefficient (Wildman–Crippen LogP) is 17.3. The average Bonchev–Trinajstić information content (AvgIpc) is 3.31. The van der Waals surface area contributed by atoms with Crippen LogP contribution < -0.4 is 5.32 Å². The van der Waals surface area contributed by atoms with E-state index in [1.807, 2.05) is 0 Å². The molecule has 0 radical (unpaired) electrons. The third-order valence-corrected chi connectivity index (χ3v) is 12.5. The summed E-state index contributed by atoms with van der Waals surface area (Å²) in [6, 6.07) is -0.720. The fourth-order valence-electron chi connectivity index (χ4n) is 8.23. The van der Waals surface area contributed by atoms with Crippen LogP contribution in [0.4, 0.5) is 0 Å². The Balaban J connectivity index is 4.68. The number of aliphatic hydroxyl groups is 2. The highest BCUT2D eigenvalue weighted by Crippen LogP contribution is 2.17. The van der Waals surface area contributed by atoms with Gasteiger partial charge in [-0.2, -0.15) is 0 Å². The first-order valence-corrected chi connectivity index (χ1v) is 28.2. The van der Waals surface area contributed by atoms with Gasteiger partial charge in [0.1, 0.15) is 6.10 Å². The molecule has 0 aliphatic rings. The Morgan fingerprint density at radius 3 is 1.30 bits per heavy atom. The molecule has 382 valence electrons. The van der Waals surface area contributed by atoms with Crippen molar-refractivity contribution in [3.8, 4) is 0 Å². The van der Waals surface area contributed by atoms with Crippen molar-refractivity contribution >= 4 is 11.9 Å². The number of rotatable bonds is 50. The average molecular weight is 923 g/mol. The number of nitrogens with one attached hydrogen (secondary N) is 1. The van der Waals surface area contributed by atoms with Gasteiger partial charge in [0, 0.05) is 6.42 Å². The smallest absolute Gasteiger partial charge is 0.306 e. The zero-order chi connectivity index (χ0) is 48.1. The van der Waals surface area contributed by atoms with Crippen LogP contribution in [0.5, 0.6) is 0 Å². The Hall–Kier alpha value is -2.70. The molecule has 66 heavy (non-hydrogen) atoms. The molecule has 0 fully saturated rings. The molecule has 3 unspecified atom stereocenters. The standard InChI is InChI=1S/C60H107NO5/c1-4-7-10-13-16-19-22-25-27-29-30-31-33-35-38-41-44-47-50-53-60(65)66-56(51-48-45-42-39-36-34-32-28-26-23-20-17-14-11-8-5-2)54-59(64)61-57(55-62)58(63)52-49-46-43-40-37-24-21-18-15-12-9-6-3/h16,19,25,27-28,30-32,34-36,38,56-58,62-63H,4-15,17-18,20-24,26,29,33,37,39-55H2,1-3H3,(H,61,64)/b19-16-,27-25-,31-30-,32-28+,36-34+,38-35-. The fraction of sp³-hybridized carbons (Fsp3) is 0.767. The van der Waals surface area contributed by atoms with Gasteiger partial charge in [-0.25, -0.2) is 0 Å². The Bertz CT molecular complexity index is 1220. The molecular weight excluding hydrogens is 815 g/mol. The predicted molar refractivity (Wildman–Crippen MR) is 287 cm³/mol. The second-order valence-electron chi connectivity index (χ2n) is 19.0. The molecule has 0 aromatic rings. The van der Waals surface area contributed by atoms with Gasteiger partial charge in [0.05, 0.1) is 25.2 Å². The van der Waals surface area contributed by atoms with Crippen molar-refractivity contribution in [2.75, 3.05) is 6.61 Å². The third-order valence-electron chi connectivity index (χ3n) is 12.5. The minimum atomic E-state index is -0.803. The number of carbonyl (C=O) groups excluding carboxylic acids is 2. The number of hydrogen-bond acceptors (Lipinski definition) is 5. The quantitative estimate of drug-likeness (QED) is 0.0244. The molecule has 0 rings (SSSR count). The maximum atomic E-state index is 13.2. The Morgan fingerprint density at radius 1 is 0.455 bits per heavy atom. The van der Waals surface area contributed by atoms with E-state index in [1.165, 1.54) is 128 Å². The van der Waals surface area contributed by atoms with Crippen molar-refractivity contribution in [2.45, 2.75) is 289 Å². The highest BCUT2D eigenvalue weighted by atomic mass is 16.5. The molecule has 6 heteroatoms. The van der Waals surface area contributed by atoms with E-state index in [4.69, 9.17) is 4.74 Å². The lowest BCUT2D eigenvalue weighted by molar-refractivity contribution is -0.151. The molecule has 3 atom stereocenters. The number of allylic oxidation sites excluding steroid dienone is 12. The molecule has 0 aromatic heterocycles. The lowest BCUT2D eigenvalue weighted by Gasteiger charge is -2.24. The van der Waals surface area contributed by atoms with Crippen molar-refractivity contribution < 1.29 is 24.5 Å². The van der Waals surface area contributed by atoms with Crippen LogP contribution in [0.15, 0.2) is 72.9 Å². The third kappa shape index (κ3) is 47.8. The molecule has 0 bridgehead atoms. The van der Waals surface area contributed by atoms with Crippen molar-refractivity contribution in [1.29, 1.82) is 0 Å². The Kier molecular flexibility index (Phi) is 51.1. The van der Waals surface area contributed by atoms with Crippen molar-refractivity contribution in [3.05, 3.63) is 72.9 Å². The summed E-state index contributed by atoms with van der Waals surface area (Å²) in [4.78, 5) is 26.2. The van der Waals surface area contributed by atoms with E-state index < -0.39 is 18.2 Å². The maximum absolute atomic E-state index is 13.2. The summed E-state index contributed by atoms with van der Waals surface area (Å²) >= 11 is 0. The monoisotopic (exact) mass is 922 g/mol. The first-order chi connectivity index (χ1) is 32.5. The van der Waals surface area contributed by atoms with E-state index in [-0.39, 0.29) is 24.9 Å². The first-order valence-electron chi connectivity index (χ1n) is 28.2. The molecule has 0 aliphatic heterocycles. The fourth-order valence-corrected chi connectivity index (χ4v) is 8.23. The van der Waals surface area contributed by atoms with E-state index in [1.54, 1.807) is 0 Å². The van der Waals surface area contributed by atoms with Crippen molar-refractivity contribution in [1.82, 2.24) is 5.32 Å². The highest BCUT2D eigenvalue weighted by Gasteiger charge is 2.24. The van der Waals surface area contributed by atoms with Gasteiger partial charge in [-0.1, -0.05) is 235 Å². The van der Waals surface area contributed by atoms with Crippen LogP contribution in [0.1, 0.15) is 271 Å². The zero-order valence-corrected chi connectivity index (χ0v) is 43.6. The number of ether oxygens (including phenoxy) is 1. The molecule has 0 aromatic carbocycles. The molecule has 0 spiro atoms. The van der Waals surface area contributed by atoms with Crippen LogP contribution in [-0.4, -0.2) is 46.9 Å². The summed E-state index contributed by atoms with van der Waals surface area (Å²) in [5.41, 5.74) is 0. The van der Waals surface area contributed by atoms with E-state index in [0.29, 0.717) is 19.3 Å². The van der Waals surface area contributed by atoms with Crippen LogP contribution in [0.2, 0.25) is 0 Å². The highest BCUT2D eigenvalue weighted by molar-refractivity contribution is 5.77. The van der Waals surface area contributed by atoms with Gasteiger partial charge < -0.3 is 20.3 Å². The number of unbranched alkanes of at least 4 members (excludes halogenated alkanes) is 27. The number of esters is 1. The van der Waals surface area contributed by atoms with Gasteiger partial charge in [-0.05, 0) is 96.3 Å². The van der Waals surface area contributed by atoms with E-state index >= 15 is 0 Å². The van der Waals surface area contributed by atoms with Gasteiger partial charge in [0.2, 0.25) is 5.91 Å². The van der Waals surface area contributed by atoms with E-state index in [2.05, 4.69) is 99.0 Å². The van der Waals surface area contributed by atoms with Gasteiger partial charge in [0.15, 0.2) is 0 Å². The lowest BCUT2D eigenvalue weighted by atomic mass is 10.0. The zero-order valence-electron chi connectivity index (χ0n) is 43.6. The van der Waals surface area contributed by atoms with Crippen LogP contribution in [-0.2, 0) is 14.3 Å². The SMILES string of the molecule is CCCCC/C=C\C/C=C\C/C=C\C/C=C\CCCCCC(=O)OC(CCCCC/C=C/C=C/CCCCCCCCC)CC(=O)NC(CO)C(O)CCCCCCCCCCCCCC. The van der Waals surface area contributed by atoms with Crippen LogP contribution in [0.3, 0.4) is 0 Å². The van der Waals surface area contributed by atoms with Crippen LogP contribution in [0.25, 0.3) is 0 Å². The number of aliphatic hydroxyl groups excluding tert-OH is 2. The van der Waals surface area contributed by atoms with Gasteiger partial charge in [-0.15, -0.1) is 0 Å². The summed E-state index contributed by atoms with van der Waals surface area (Å²) < 4.78 is 5.93. The number of hydrogen-bond donors (Lipinski definition) is 3. The minimum absolute atomic E-state index is 0.0447. The largest absolute Gasteiger partial charge is 0.462 e. The molecular formula is C60H107NO5. The van der Waals surface area contributed by atoms with Gasteiger partial charge >= 0.3 is 5.97 Å². The normalized spacial score (nSPS) is 13.7. The Labute approximate surface area is 409 Å². The van der Waals surface area contributed by atoms with Crippen molar-refractivity contribution in [2.24, 2.45) is 0 Å². The summed E-state index contributed by atoms with van der Waals surface area (Å²) in [6.45, 7) is 6.44. The Morgan fingerprint density at radius 2 is 0.818 bits per heavy atom. The summed E-state index contributed by atoms with van der Waals surface area (Å²) in [5.74, 6) is -0.534. The number of carbonyl (C=O) groups is 2. The molecule has 3 N–H and O–H groups in total. The molecule has 0 saturated carbocycles. The van der Waals surface area contributed by atoms with Gasteiger partial charge in [-0.3, -0.25) is 9.59 Å². The molecule has 1 amide bonds.